The van der Waals surface area contributed by atoms with Gasteiger partial charge in [0.1, 0.15) is 5.82 Å². The standard InChI is InChI=1S/C16H16BrFN2O2S/c1-20(10-13-5-6-14(17)23-13)16(22)9-19-15(21)8-11-3-2-4-12(18)7-11/h2-7H,8-10H2,1H3,(H,19,21). The van der Waals surface area contributed by atoms with Crippen LogP contribution >= 0.6 is 27.3 Å². The van der Waals surface area contributed by atoms with Gasteiger partial charge in [-0.25, -0.2) is 4.39 Å². The highest BCUT2D eigenvalue weighted by Gasteiger charge is 2.12. The average Bonchev–Trinajstić information content (AvgIpc) is 2.90. The number of carbonyl (C=O) groups is 2. The lowest BCUT2D eigenvalue weighted by Gasteiger charge is -2.16. The van der Waals surface area contributed by atoms with Crippen molar-refractivity contribution < 1.29 is 14.0 Å². The van der Waals surface area contributed by atoms with Gasteiger partial charge in [-0.05, 0) is 45.8 Å². The van der Waals surface area contributed by atoms with Gasteiger partial charge in [-0.3, -0.25) is 9.59 Å². The van der Waals surface area contributed by atoms with Crippen molar-refractivity contribution >= 4 is 39.1 Å². The lowest BCUT2D eigenvalue weighted by atomic mass is 10.1. The van der Waals surface area contributed by atoms with Crippen LogP contribution in [0.4, 0.5) is 4.39 Å². The predicted octanol–water partition coefficient (Wildman–Crippen LogP) is 2.97. The van der Waals surface area contributed by atoms with Crippen LogP contribution in [0.3, 0.4) is 0 Å². The highest BCUT2D eigenvalue weighted by molar-refractivity contribution is 9.11. The largest absolute Gasteiger partial charge is 0.347 e. The number of carbonyl (C=O) groups excluding carboxylic acids is 2. The van der Waals surface area contributed by atoms with Gasteiger partial charge in [0.25, 0.3) is 0 Å². The maximum atomic E-state index is 13.1. The highest BCUT2D eigenvalue weighted by Crippen LogP contribution is 2.22. The molecule has 0 aliphatic heterocycles. The summed E-state index contributed by atoms with van der Waals surface area (Å²) in [6.07, 6.45) is 0.0482. The van der Waals surface area contributed by atoms with Crippen LogP contribution in [0.15, 0.2) is 40.2 Å². The van der Waals surface area contributed by atoms with Gasteiger partial charge >= 0.3 is 0 Å². The Morgan fingerprint density at radius 2 is 2.09 bits per heavy atom. The molecule has 0 aliphatic rings. The maximum absolute atomic E-state index is 13.1. The van der Waals surface area contributed by atoms with Crippen LogP contribution in [0.25, 0.3) is 0 Å². The summed E-state index contributed by atoms with van der Waals surface area (Å²) in [6.45, 7) is 0.423. The summed E-state index contributed by atoms with van der Waals surface area (Å²) in [5.74, 6) is -0.869. The van der Waals surface area contributed by atoms with E-state index in [0.29, 0.717) is 12.1 Å². The summed E-state index contributed by atoms with van der Waals surface area (Å²) in [7, 11) is 1.69. The van der Waals surface area contributed by atoms with Crippen LogP contribution in [0.5, 0.6) is 0 Å². The summed E-state index contributed by atoms with van der Waals surface area (Å²) in [4.78, 5) is 26.4. The van der Waals surface area contributed by atoms with Crippen LogP contribution in [0, 0.1) is 5.82 Å². The summed E-state index contributed by atoms with van der Waals surface area (Å²) in [5.41, 5.74) is 0.576. The van der Waals surface area contributed by atoms with E-state index in [2.05, 4.69) is 21.2 Å². The van der Waals surface area contributed by atoms with Crippen molar-refractivity contribution in [2.45, 2.75) is 13.0 Å². The number of amides is 2. The maximum Gasteiger partial charge on any atom is 0.242 e. The van der Waals surface area contributed by atoms with Gasteiger partial charge in [0.05, 0.1) is 23.3 Å². The molecule has 0 bridgehead atoms. The lowest BCUT2D eigenvalue weighted by Crippen LogP contribution is -2.38. The fraction of sp³-hybridized carbons (Fsp3) is 0.250. The number of likely N-dealkylation sites (N-methyl/N-ethyl adjacent to an activating group) is 1. The monoisotopic (exact) mass is 398 g/mol. The second kappa shape index (κ2) is 8.21. The molecule has 4 nitrogen and oxygen atoms in total. The van der Waals surface area contributed by atoms with Crippen LogP contribution in [-0.4, -0.2) is 30.3 Å². The molecule has 122 valence electrons. The Morgan fingerprint density at radius 3 is 2.74 bits per heavy atom. The topological polar surface area (TPSA) is 49.4 Å². The van der Waals surface area contributed by atoms with Crippen molar-refractivity contribution in [3.8, 4) is 0 Å². The summed E-state index contributed by atoms with van der Waals surface area (Å²) < 4.78 is 14.1. The Kier molecular flexibility index (Phi) is 6.29. The Balaban J connectivity index is 1.77. The number of nitrogens with one attached hydrogen (secondary N) is 1. The van der Waals surface area contributed by atoms with Crippen molar-refractivity contribution in [1.82, 2.24) is 10.2 Å². The molecule has 7 heteroatoms. The SMILES string of the molecule is CN(Cc1ccc(Br)s1)C(=O)CNC(=O)Cc1cccc(F)c1. The zero-order valence-corrected chi connectivity index (χ0v) is 14.9. The molecule has 0 spiro atoms. The molecule has 2 rings (SSSR count). The molecule has 1 N–H and O–H groups in total. The first-order valence-electron chi connectivity index (χ1n) is 6.93. The number of benzene rings is 1. The quantitative estimate of drug-likeness (QED) is 0.812. The molecule has 0 unspecified atom stereocenters. The minimum atomic E-state index is -0.381. The van der Waals surface area contributed by atoms with E-state index in [9.17, 15) is 14.0 Å². The zero-order valence-electron chi connectivity index (χ0n) is 12.5. The molecule has 1 heterocycles. The first kappa shape index (κ1) is 17.6. The molecule has 2 amide bonds. The third-order valence-electron chi connectivity index (χ3n) is 3.14. The minimum Gasteiger partial charge on any atom is -0.347 e. The third kappa shape index (κ3) is 5.76. The molecule has 0 aliphatic carbocycles. The van der Waals surface area contributed by atoms with Gasteiger partial charge in [-0.15, -0.1) is 11.3 Å². The predicted molar refractivity (Wildman–Crippen MR) is 91.6 cm³/mol. The van der Waals surface area contributed by atoms with Gasteiger partial charge in [0.15, 0.2) is 0 Å². The molecular formula is C16H16BrFN2O2S. The van der Waals surface area contributed by atoms with E-state index in [4.69, 9.17) is 0 Å². The second-order valence-electron chi connectivity index (χ2n) is 5.04. The van der Waals surface area contributed by atoms with Crippen LogP contribution in [0.2, 0.25) is 0 Å². The molecular weight excluding hydrogens is 383 g/mol. The van der Waals surface area contributed by atoms with E-state index in [-0.39, 0.29) is 30.6 Å². The number of rotatable bonds is 6. The lowest BCUT2D eigenvalue weighted by molar-refractivity contribution is -0.132. The van der Waals surface area contributed by atoms with Crippen molar-refractivity contribution in [1.29, 1.82) is 0 Å². The first-order valence-corrected chi connectivity index (χ1v) is 8.54. The number of thiophene rings is 1. The first-order chi connectivity index (χ1) is 10.9. The molecule has 0 fully saturated rings. The zero-order chi connectivity index (χ0) is 16.8. The van der Waals surface area contributed by atoms with E-state index < -0.39 is 0 Å². The van der Waals surface area contributed by atoms with Gasteiger partial charge in [-0.1, -0.05) is 12.1 Å². The second-order valence-corrected chi connectivity index (χ2v) is 7.59. The smallest absolute Gasteiger partial charge is 0.242 e. The van der Waals surface area contributed by atoms with Gasteiger partial charge in [0.2, 0.25) is 11.8 Å². The molecule has 0 saturated carbocycles. The fourth-order valence-corrected chi connectivity index (χ4v) is 3.50. The Hall–Kier alpha value is -1.73. The molecule has 0 saturated heterocycles. The van der Waals surface area contributed by atoms with E-state index in [0.717, 1.165) is 8.66 Å². The van der Waals surface area contributed by atoms with Gasteiger partial charge in [-0.2, -0.15) is 0 Å². The summed E-state index contributed by atoms with van der Waals surface area (Å²) in [6, 6.07) is 9.73. The molecule has 2 aromatic rings. The number of hydrogen-bond acceptors (Lipinski definition) is 3. The third-order valence-corrected chi connectivity index (χ3v) is 4.75. The van der Waals surface area contributed by atoms with Crippen molar-refractivity contribution in [3.05, 3.63) is 56.4 Å². The van der Waals surface area contributed by atoms with Crippen LogP contribution in [0.1, 0.15) is 10.4 Å². The number of halogens is 2. The molecule has 0 radical (unpaired) electrons. The minimum absolute atomic E-state index is 0.0482. The Bertz CT molecular complexity index is 705. The van der Waals surface area contributed by atoms with Crippen molar-refractivity contribution in [3.63, 3.8) is 0 Å². The van der Waals surface area contributed by atoms with Crippen LogP contribution < -0.4 is 5.32 Å². The fourth-order valence-electron chi connectivity index (χ4n) is 1.96. The molecule has 1 aromatic heterocycles. The van der Waals surface area contributed by atoms with E-state index >= 15 is 0 Å². The molecule has 23 heavy (non-hydrogen) atoms. The average molecular weight is 399 g/mol. The van der Waals surface area contributed by atoms with E-state index in [1.807, 2.05) is 12.1 Å². The van der Waals surface area contributed by atoms with Crippen molar-refractivity contribution in [2.75, 3.05) is 13.6 Å². The van der Waals surface area contributed by atoms with E-state index in [1.165, 1.54) is 12.1 Å². The normalized spacial score (nSPS) is 10.4. The molecule has 1 aromatic carbocycles. The van der Waals surface area contributed by atoms with Crippen molar-refractivity contribution in [2.24, 2.45) is 0 Å². The number of nitrogens with zero attached hydrogens (tertiary/aromatic N) is 1. The van der Waals surface area contributed by atoms with Crippen LogP contribution in [-0.2, 0) is 22.6 Å². The number of hydrogen-bond donors (Lipinski definition) is 1. The Labute approximate surface area is 146 Å². The summed E-state index contributed by atoms with van der Waals surface area (Å²) in [5, 5.41) is 2.56. The van der Waals surface area contributed by atoms with E-state index in [1.54, 1.807) is 35.4 Å². The highest BCUT2D eigenvalue weighted by atomic mass is 79.9. The molecule has 0 atom stereocenters. The Morgan fingerprint density at radius 1 is 1.30 bits per heavy atom. The van der Waals surface area contributed by atoms with Gasteiger partial charge in [0, 0.05) is 11.9 Å². The summed E-state index contributed by atoms with van der Waals surface area (Å²) >= 11 is 4.94. The van der Waals surface area contributed by atoms with Gasteiger partial charge < -0.3 is 10.2 Å².